The average molecular weight is 485 g/mol. The molecule has 7 heteroatoms. The Kier molecular flexibility index (Phi) is 7.76. The van der Waals surface area contributed by atoms with Crippen LogP contribution < -0.4 is 24.7 Å². The van der Waals surface area contributed by atoms with Crippen molar-refractivity contribution in [2.24, 2.45) is 5.73 Å². The van der Waals surface area contributed by atoms with Crippen molar-refractivity contribution in [3.8, 4) is 29.1 Å². The zero-order chi connectivity index (χ0) is 25.5. The molecule has 0 saturated heterocycles. The molecule has 3 aromatic rings. The molecule has 1 unspecified atom stereocenters. The summed E-state index contributed by atoms with van der Waals surface area (Å²) in [5, 5.41) is 9.83. The van der Waals surface area contributed by atoms with Gasteiger partial charge in [-0.3, -0.25) is 0 Å². The number of nitriles is 1. The number of rotatable bonds is 9. The molecule has 2 N–H and O–H groups in total. The van der Waals surface area contributed by atoms with Crippen molar-refractivity contribution < 1.29 is 23.7 Å². The second-order valence-corrected chi connectivity index (χ2v) is 8.43. The van der Waals surface area contributed by atoms with Gasteiger partial charge >= 0.3 is 5.97 Å². The Morgan fingerprint density at radius 2 is 1.89 bits per heavy atom. The maximum atomic E-state index is 12.4. The van der Waals surface area contributed by atoms with Crippen LogP contribution in [0.2, 0.25) is 0 Å². The molecule has 1 heterocycles. The van der Waals surface area contributed by atoms with Gasteiger partial charge in [-0.1, -0.05) is 49.7 Å². The minimum absolute atomic E-state index is 0.0127. The van der Waals surface area contributed by atoms with Crippen molar-refractivity contribution in [1.82, 2.24) is 0 Å². The van der Waals surface area contributed by atoms with Gasteiger partial charge in [0.15, 0.2) is 6.61 Å². The van der Waals surface area contributed by atoms with Gasteiger partial charge < -0.3 is 24.7 Å². The Bertz CT molecular complexity index is 1330. The van der Waals surface area contributed by atoms with Crippen LogP contribution in [0.5, 0.6) is 23.0 Å². The van der Waals surface area contributed by atoms with Crippen LogP contribution in [0.4, 0.5) is 0 Å². The summed E-state index contributed by atoms with van der Waals surface area (Å²) in [6, 6.07) is 22.3. The van der Waals surface area contributed by atoms with Gasteiger partial charge in [-0.2, -0.15) is 5.26 Å². The van der Waals surface area contributed by atoms with E-state index in [1.54, 1.807) is 24.3 Å². The van der Waals surface area contributed by atoms with E-state index >= 15 is 0 Å². The monoisotopic (exact) mass is 484 g/mol. The summed E-state index contributed by atoms with van der Waals surface area (Å²) in [6.07, 6.45) is 1.99. The smallest absolute Gasteiger partial charge is 0.349 e. The number of aryl methyl sites for hydroxylation is 1. The first kappa shape index (κ1) is 24.7. The first-order valence-corrected chi connectivity index (χ1v) is 11.8. The molecular weight excluding hydrogens is 456 g/mol. The van der Waals surface area contributed by atoms with E-state index in [-0.39, 0.29) is 18.2 Å². The number of carbonyl (C=O) groups is 1. The van der Waals surface area contributed by atoms with Crippen LogP contribution in [0.25, 0.3) is 0 Å². The molecule has 0 bridgehead atoms. The van der Waals surface area contributed by atoms with Gasteiger partial charge in [0.05, 0.1) is 12.5 Å². The summed E-state index contributed by atoms with van der Waals surface area (Å²) in [7, 11) is 0. The molecule has 184 valence electrons. The van der Waals surface area contributed by atoms with Gasteiger partial charge in [0.25, 0.3) is 0 Å². The van der Waals surface area contributed by atoms with Gasteiger partial charge in [0, 0.05) is 11.6 Å². The molecule has 0 aliphatic carbocycles. The third kappa shape index (κ3) is 5.61. The van der Waals surface area contributed by atoms with Crippen molar-refractivity contribution in [3.05, 3.63) is 94.9 Å². The summed E-state index contributed by atoms with van der Waals surface area (Å²) in [4.78, 5) is 12.4. The molecule has 0 amide bonds. The fourth-order valence-corrected chi connectivity index (χ4v) is 3.98. The summed E-state index contributed by atoms with van der Waals surface area (Å²) in [5.74, 6) is 1.07. The number of para-hydroxylation sites is 1. The Labute approximate surface area is 210 Å². The van der Waals surface area contributed by atoms with Gasteiger partial charge in [-0.05, 0) is 48.7 Å². The molecule has 0 aromatic heterocycles. The molecule has 1 aliphatic rings. The van der Waals surface area contributed by atoms with Crippen molar-refractivity contribution >= 4 is 5.97 Å². The number of carbonyl (C=O) groups excluding carboxylic acids is 1. The van der Waals surface area contributed by atoms with E-state index in [1.165, 1.54) is 0 Å². The van der Waals surface area contributed by atoms with Crippen molar-refractivity contribution in [2.75, 3.05) is 13.2 Å². The lowest BCUT2D eigenvalue weighted by molar-refractivity contribution is -0.136. The number of hydrogen-bond donors (Lipinski definition) is 1. The molecule has 1 aliphatic heterocycles. The lowest BCUT2D eigenvalue weighted by Gasteiger charge is -2.27. The maximum absolute atomic E-state index is 12.4. The van der Waals surface area contributed by atoms with Gasteiger partial charge in [0.2, 0.25) is 5.88 Å². The van der Waals surface area contributed by atoms with E-state index in [0.29, 0.717) is 23.7 Å². The summed E-state index contributed by atoms with van der Waals surface area (Å²) in [5.41, 5.74) is 8.95. The predicted molar refractivity (Wildman–Crippen MR) is 135 cm³/mol. The molecule has 1 atom stereocenters. The minimum Gasteiger partial charge on any atom is -0.494 e. The van der Waals surface area contributed by atoms with Crippen LogP contribution in [0.3, 0.4) is 0 Å². The third-order valence-corrected chi connectivity index (χ3v) is 5.82. The number of unbranched alkanes of at least 4 members (excludes halogenated alkanes) is 1. The zero-order valence-corrected chi connectivity index (χ0v) is 20.3. The molecule has 0 radical (unpaired) electrons. The molecule has 3 aromatic carbocycles. The number of fused-ring (bicyclic) bond motifs is 1. The third-order valence-electron chi connectivity index (χ3n) is 5.82. The number of ether oxygens (including phenoxy) is 4. The van der Waals surface area contributed by atoms with Crippen molar-refractivity contribution in [2.45, 2.75) is 32.6 Å². The Balaban J connectivity index is 1.54. The first-order chi connectivity index (χ1) is 17.5. The number of nitrogens with zero attached hydrogens (tertiary/aromatic N) is 1. The van der Waals surface area contributed by atoms with E-state index in [1.807, 2.05) is 49.4 Å². The number of benzene rings is 3. The van der Waals surface area contributed by atoms with Gasteiger partial charge in [-0.15, -0.1) is 0 Å². The van der Waals surface area contributed by atoms with Crippen LogP contribution in [-0.4, -0.2) is 19.2 Å². The molecule has 7 nitrogen and oxygen atoms in total. The van der Waals surface area contributed by atoms with E-state index in [4.69, 9.17) is 24.7 Å². The molecule has 0 fully saturated rings. The number of allylic oxidation sites excluding steroid dienone is 1. The number of hydrogen-bond acceptors (Lipinski definition) is 7. The fraction of sp³-hybridized carbons (Fsp3) is 0.241. The number of esters is 1. The van der Waals surface area contributed by atoms with Crippen molar-refractivity contribution in [1.29, 1.82) is 5.26 Å². The Morgan fingerprint density at radius 1 is 1.06 bits per heavy atom. The SMILES string of the molecule is CCCCOc1cccc(C2C(C#N)=C(N)Oc3cc(OC(=O)COc4ccccc4C)ccc32)c1. The average Bonchev–Trinajstić information content (AvgIpc) is 2.87. The minimum atomic E-state index is -0.552. The highest BCUT2D eigenvalue weighted by Crippen LogP contribution is 2.44. The largest absolute Gasteiger partial charge is 0.494 e. The van der Waals surface area contributed by atoms with E-state index in [2.05, 4.69) is 13.0 Å². The molecule has 36 heavy (non-hydrogen) atoms. The van der Waals surface area contributed by atoms with Gasteiger partial charge in [-0.25, -0.2) is 4.79 Å². The topological polar surface area (TPSA) is 104 Å². The normalized spacial score (nSPS) is 14.3. The second kappa shape index (κ2) is 11.3. The molecule has 0 spiro atoms. The second-order valence-electron chi connectivity index (χ2n) is 8.43. The first-order valence-electron chi connectivity index (χ1n) is 11.8. The van der Waals surface area contributed by atoms with E-state index in [0.717, 1.165) is 35.3 Å². The fourth-order valence-electron chi connectivity index (χ4n) is 3.98. The molecule has 0 saturated carbocycles. The summed E-state index contributed by atoms with van der Waals surface area (Å²) >= 11 is 0. The van der Waals surface area contributed by atoms with Crippen LogP contribution in [0.1, 0.15) is 42.4 Å². The lowest BCUT2D eigenvalue weighted by atomic mass is 9.83. The van der Waals surface area contributed by atoms with Crippen LogP contribution in [0.15, 0.2) is 78.2 Å². The standard InChI is InChI=1S/C29H28N2O5/c1-3-4-14-33-21-10-7-9-20(15-21)28-23-13-12-22(16-26(23)36-29(31)24(28)17-30)35-27(32)18-34-25-11-6-5-8-19(25)2/h5-13,15-16,28H,3-4,14,18,31H2,1-2H3. The van der Waals surface area contributed by atoms with E-state index < -0.39 is 11.9 Å². The molecule has 4 rings (SSSR count). The van der Waals surface area contributed by atoms with Crippen LogP contribution in [0, 0.1) is 18.3 Å². The number of nitrogens with two attached hydrogens (primary N) is 1. The summed E-state index contributed by atoms with van der Waals surface area (Å²) in [6.45, 7) is 4.39. The highest BCUT2D eigenvalue weighted by Gasteiger charge is 2.31. The zero-order valence-electron chi connectivity index (χ0n) is 20.3. The summed E-state index contributed by atoms with van der Waals surface area (Å²) < 4.78 is 22.6. The lowest BCUT2D eigenvalue weighted by Crippen LogP contribution is -2.22. The van der Waals surface area contributed by atoms with E-state index in [9.17, 15) is 10.1 Å². The highest BCUT2D eigenvalue weighted by molar-refractivity contribution is 5.74. The highest BCUT2D eigenvalue weighted by atomic mass is 16.6. The van der Waals surface area contributed by atoms with Crippen LogP contribution in [-0.2, 0) is 4.79 Å². The predicted octanol–water partition coefficient (Wildman–Crippen LogP) is 5.38. The molecular formula is C29H28N2O5. The Hall–Kier alpha value is -4.44. The Morgan fingerprint density at radius 3 is 2.67 bits per heavy atom. The van der Waals surface area contributed by atoms with Crippen LogP contribution >= 0.6 is 0 Å². The quantitative estimate of drug-likeness (QED) is 0.247. The maximum Gasteiger partial charge on any atom is 0.349 e. The van der Waals surface area contributed by atoms with Crippen molar-refractivity contribution in [3.63, 3.8) is 0 Å². The van der Waals surface area contributed by atoms with Gasteiger partial charge in [0.1, 0.15) is 34.6 Å².